The highest BCUT2D eigenvalue weighted by Gasteiger charge is 2.32. The molecule has 8 nitrogen and oxygen atoms in total. The van der Waals surface area contributed by atoms with Gasteiger partial charge in [0.1, 0.15) is 12.2 Å². The second-order valence-corrected chi connectivity index (χ2v) is 3.63. The third kappa shape index (κ3) is 4.77. The van der Waals surface area contributed by atoms with Gasteiger partial charge in [-0.15, -0.1) is 0 Å². The maximum atomic E-state index is 10.3. The highest BCUT2D eigenvalue weighted by Crippen LogP contribution is 2.37. The van der Waals surface area contributed by atoms with Crippen LogP contribution in [0.5, 0.6) is 0 Å². The van der Waals surface area contributed by atoms with Crippen molar-refractivity contribution in [2.75, 3.05) is 6.61 Å². The second-order valence-electron chi connectivity index (χ2n) is 2.44. The zero-order valence-electron chi connectivity index (χ0n) is 6.92. The lowest BCUT2D eigenvalue weighted by molar-refractivity contribution is -0.126. The first-order valence-corrected chi connectivity index (χ1v) is 5.01. The summed E-state index contributed by atoms with van der Waals surface area (Å²) in [5, 5.41) is 26.2. The molecule has 0 unspecified atom stereocenters. The van der Waals surface area contributed by atoms with Crippen LogP contribution >= 0.6 is 7.82 Å². The number of hydrogen-bond acceptors (Lipinski definition) is 6. The number of hydrogen-bond donors (Lipinski definition) is 5. The predicted octanol–water partition coefficient (Wildman–Crippen LogP) is -2.62. The first kappa shape index (κ1) is 13.7. The monoisotopic (exact) mass is 230 g/mol. The van der Waals surface area contributed by atoms with Gasteiger partial charge in [-0.2, -0.15) is 0 Å². The van der Waals surface area contributed by atoms with E-state index in [1.54, 1.807) is 0 Å². The van der Waals surface area contributed by atoms with Crippen LogP contribution in [0.1, 0.15) is 0 Å². The molecule has 0 rings (SSSR count). The van der Waals surface area contributed by atoms with Gasteiger partial charge in [0.05, 0.1) is 6.61 Å². The van der Waals surface area contributed by atoms with E-state index in [1.165, 1.54) is 0 Å². The zero-order valence-corrected chi connectivity index (χ0v) is 7.82. The number of phosphoric acid groups is 1. The van der Waals surface area contributed by atoms with E-state index in [9.17, 15) is 9.36 Å². The Morgan fingerprint density at radius 1 is 1.36 bits per heavy atom. The summed E-state index contributed by atoms with van der Waals surface area (Å²) in [6.07, 6.45) is -5.58. The van der Waals surface area contributed by atoms with Gasteiger partial charge in [-0.1, -0.05) is 0 Å². The van der Waals surface area contributed by atoms with Gasteiger partial charge in [0.25, 0.3) is 0 Å². The molecule has 0 aromatic carbocycles. The molecule has 14 heavy (non-hydrogen) atoms. The van der Waals surface area contributed by atoms with Crippen LogP contribution in [0.4, 0.5) is 0 Å². The van der Waals surface area contributed by atoms with Crippen molar-refractivity contribution in [3.05, 3.63) is 0 Å². The standard InChI is InChI=1S/C5H11O8P/c6-1-3(8)5(9)4(2-7)13-14(10,11)12/h2-6,8-9H,1H2,(H2,10,11,12)/t3-,4-,5-/m1/s1. The minimum atomic E-state index is -4.93. The quantitative estimate of drug-likeness (QED) is 0.246. The van der Waals surface area contributed by atoms with Crippen molar-refractivity contribution >= 4 is 14.1 Å². The number of carbonyl (C=O) groups excluding carboxylic acids is 1. The van der Waals surface area contributed by atoms with Crippen LogP contribution in [0.15, 0.2) is 0 Å². The minimum Gasteiger partial charge on any atom is -0.394 e. The van der Waals surface area contributed by atoms with Crippen LogP contribution in [0.2, 0.25) is 0 Å². The molecule has 0 saturated heterocycles. The van der Waals surface area contributed by atoms with Crippen molar-refractivity contribution in [3.8, 4) is 0 Å². The van der Waals surface area contributed by atoms with Crippen LogP contribution < -0.4 is 0 Å². The van der Waals surface area contributed by atoms with Crippen molar-refractivity contribution in [1.82, 2.24) is 0 Å². The first-order valence-electron chi connectivity index (χ1n) is 3.48. The molecule has 0 saturated carbocycles. The van der Waals surface area contributed by atoms with E-state index < -0.39 is 32.7 Å². The van der Waals surface area contributed by atoms with E-state index in [4.69, 9.17) is 25.1 Å². The van der Waals surface area contributed by atoms with E-state index >= 15 is 0 Å². The Kier molecular flexibility index (Phi) is 5.38. The Balaban J connectivity index is 4.41. The number of aliphatic hydroxyl groups is 3. The Morgan fingerprint density at radius 2 is 1.86 bits per heavy atom. The molecule has 0 fully saturated rings. The lowest BCUT2D eigenvalue weighted by Gasteiger charge is -2.21. The smallest absolute Gasteiger partial charge is 0.394 e. The van der Waals surface area contributed by atoms with Crippen molar-refractivity contribution < 1.29 is 39.0 Å². The molecule has 84 valence electrons. The number of aliphatic hydroxyl groups excluding tert-OH is 3. The van der Waals surface area contributed by atoms with Gasteiger partial charge in [-0.3, -0.25) is 4.52 Å². The molecule has 0 aromatic heterocycles. The Bertz CT molecular complexity index is 224. The first-order chi connectivity index (χ1) is 6.31. The average molecular weight is 230 g/mol. The van der Waals surface area contributed by atoms with Crippen LogP contribution in [0, 0.1) is 0 Å². The number of carbonyl (C=O) groups is 1. The summed E-state index contributed by atoms with van der Waals surface area (Å²) in [7, 11) is -4.93. The average Bonchev–Trinajstić information content (AvgIpc) is 2.10. The summed E-state index contributed by atoms with van der Waals surface area (Å²) in [5.41, 5.74) is 0. The summed E-state index contributed by atoms with van der Waals surface area (Å²) >= 11 is 0. The SMILES string of the molecule is O=C[C@@H](OP(=O)(O)O)[C@H](O)[C@H](O)CO. The molecule has 0 aliphatic heterocycles. The van der Waals surface area contributed by atoms with Gasteiger partial charge >= 0.3 is 7.82 Å². The molecular weight excluding hydrogens is 219 g/mol. The zero-order chi connectivity index (χ0) is 11.4. The molecule has 3 atom stereocenters. The summed E-state index contributed by atoms with van der Waals surface area (Å²) in [4.78, 5) is 26.8. The minimum absolute atomic E-state index is 0.0807. The summed E-state index contributed by atoms with van der Waals surface area (Å²) < 4.78 is 14.1. The molecule has 0 bridgehead atoms. The maximum absolute atomic E-state index is 10.3. The van der Waals surface area contributed by atoms with Gasteiger partial charge < -0.3 is 29.9 Å². The third-order valence-electron chi connectivity index (χ3n) is 1.31. The van der Waals surface area contributed by atoms with E-state index in [0.29, 0.717) is 0 Å². The molecule has 0 radical (unpaired) electrons. The molecule has 0 aromatic rings. The molecule has 0 aliphatic rings. The molecular formula is C5H11O8P. The Morgan fingerprint density at radius 3 is 2.14 bits per heavy atom. The Labute approximate surface area is 79.0 Å². The van der Waals surface area contributed by atoms with Crippen molar-refractivity contribution in [2.45, 2.75) is 18.3 Å². The highest BCUT2D eigenvalue weighted by atomic mass is 31.2. The van der Waals surface area contributed by atoms with E-state index in [0.717, 1.165) is 0 Å². The number of aldehydes is 1. The van der Waals surface area contributed by atoms with Gasteiger partial charge in [0, 0.05) is 0 Å². The van der Waals surface area contributed by atoms with Crippen molar-refractivity contribution in [2.24, 2.45) is 0 Å². The fraction of sp³-hybridized carbons (Fsp3) is 0.800. The molecule has 9 heteroatoms. The van der Waals surface area contributed by atoms with Crippen LogP contribution in [0.25, 0.3) is 0 Å². The van der Waals surface area contributed by atoms with Gasteiger partial charge in [0.2, 0.25) is 0 Å². The fourth-order valence-electron chi connectivity index (χ4n) is 0.653. The number of rotatable bonds is 6. The maximum Gasteiger partial charge on any atom is 0.470 e. The van der Waals surface area contributed by atoms with Crippen molar-refractivity contribution in [1.29, 1.82) is 0 Å². The highest BCUT2D eigenvalue weighted by molar-refractivity contribution is 7.46. The topological polar surface area (TPSA) is 145 Å². The van der Waals surface area contributed by atoms with Gasteiger partial charge in [0.15, 0.2) is 12.4 Å². The van der Waals surface area contributed by atoms with Crippen molar-refractivity contribution in [3.63, 3.8) is 0 Å². The lowest BCUT2D eigenvalue weighted by Crippen LogP contribution is -2.41. The summed E-state index contributed by atoms with van der Waals surface area (Å²) in [5.74, 6) is 0. The largest absolute Gasteiger partial charge is 0.470 e. The van der Waals surface area contributed by atoms with E-state index in [-0.39, 0.29) is 6.29 Å². The van der Waals surface area contributed by atoms with Gasteiger partial charge in [-0.25, -0.2) is 4.57 Å². The van der Waals surface area contributed by atoms with Gasteiger partial charge in [-0.05, 0) is 0 Å². The molecule has 0 heterocycles. The number of phosphoric ester groups is 1. The van der Waals surface area contributed by atoms with Crippen LogP contribution in [-0.4, -0.2) is 56.3 Å². The normalized spacial score (nSPS) is 18.6. The summed E-state index contributed by atoms with van der Waals surface area (Å²) in [6.45, 7) is -0.865. The predicted molar refractivity (Wildman–Crippen MR) is 42.1 cm³/mol. The second kappa shape index (κ2) is 5.52. The fourth-order valence-corrected chi connectivity index (χ4v) is 1.14. The Hall–Kier alpha value is -0.340. The molecule has 0 aliphatic carbocycles. The van der Waals surface area contributed by atoms with Crippen LogP contribution in [-0.2, 0) is 13.9 Å². The van der Waals surface area contributed by atoms with E-state index in [2.05, 4.69) is 4.52 Å². The molecule has 0 amide bonds. The third-order valence-corrected chi connectivity index (χ3v) is 1.83. The van der Waals surface area contributed by atoms with E-state index in [1.807, 2.05) is 0 Å². The molecule has 0 spiro atoms. The molecule has 5 N–H and O–H groups in total. The lowest BCUT2D eigenvalue weighted by atomic mass is 10.1. The summed E-state index contributed by atoms with van der Waals surface area (Å²) in [6, 6.07) is 0. The van der Waals surface area contributed by atoms with Crippen LogP contribution in [0.3, 0.4) is 0 Å².